The molecule has 88 valence electrons. The third kappa shape index (κ3) is 1.85. The number of nitrogens with zero attached hydrogens (tertiary/aromatic N) is 2. The molecule has 0 radical (unpaired) electrons. The van der Waals surface area contributed by atoms with Crippen LogP contribution in [0, 0.1) is 5.41 Å². The first-order chi connectivity index (χ1) is 7.64. The van der Waals surface area contributed by atoms with Crippen molar-refractivity contribution in [2.45, 2.75) is 19.4 Å². The number of hydrogen-bond donors (Lipinski definition) is 2. The van der Waals surface area contributed by atoms with Gasteiger partial charge in [0.1, 0.15) is 6.33 Å². The van der Waals surface area contributed by atoms with Crippen molar-refractivity contribution in [2.75, 3.05) is 13.2 Å². The number of aliphatic carboxylic acids is 1. The number of hydrogen-bond acceptors (Lipinski definition) is 4. The van der Waals surface area contributed by atoms with E-state index in [1.807, 2.05) is 0 Å². The monoisotopic (exact) mass is 227 g/mol. The number of nitrogens with one attached hydrogen (secondary N) is 1. The van der Waals surface area contributed by atoms with Crippen molar-refractivity contribution in [3.8, 4) is 0 Å². The molecule has 2 rings (SSSR count). The van der Waals surface area contributed by atoms with Crippen LogP contribution in [-0.2, 0) is 16.1 Å². The summed E-state index contributed by atoms with van der Waals surface area (Å²) in [6.07, 6.45) is 2.16. The molecule has 1 aromatic heterocycles. The van der Waals surface area contributed by atoms with E-state index in [1.54, 1.807) is 0 Å². The van der Waals surface area contributed by atoms with Gasteiger partial charge in [-0.15, -0.1) is 0 Å². The van der Waals surface area contributed by atoms with E-state index in [2.05, 4.69) is 10.2 Å². The smallest absolute Gasteiger partial charge is 0.343 e. The van der Waals surface area contributed by atoms with E-state index in [0.29, 0.717) is 26.1 Å². The first kappa shape index (κ1) is 10.9. The van der Waals surface area contributed by atoms with Gasteiger partial charge < -0.3 is 9.84 Å². The molecule has 7 heteroatoms. The molecule has 2 heterocycles. The molecule has 7 nitrogen and oxygen atoms in total. The number of aromatic nitrogens is 3. The molecule has 0 bridgehead atoms. The van der Waals surface area contributed by atoms with Crippen LogP contribution in [0.5, 0.6) is 0 Å². The largest absolute Gasteiger partial charge is 0.481 e. The number of carbonyl (C=O) groups is 1. The SMILES string of the molecule is O=C(O)C1(Cn2cn[nH]c2=O)CCOCC1. The number of carboxylic acid groups (broad SMARTS) is 1. The summed E-state index contributed by atoms with van der Waals surface area (Å²) in [6.45, 7) is 0.971. The summed E-state index contributed by atoms with van der Waals surface area (Å²) in [6, 6.07) is 0. The minimum absolute atomic E-state index is 0.140. The maximum Gasteiger partial charge on any atom is 0.343 e. The van der Waals surface area contributed by atoms with E-state index in [0.717, 1.165) is 0 Å². The summed E-state index contributed by atoms with van der Waals surface area (Å²) in [5, 5.41) is 15.1. The third-order valence-electron chi connectivity index (χ3n) is 2.99. The highest BCUT2D eigenvalue weighted by atomic mass is 16.5. The molecule has 0 amide bonds. The van der Waals surface area contributed by atoms with E-state index in [1.165, 1.54) is 10.9 Å². The summed E-state index contributed by atoms with van der Waals surface area (Å²) in [5.74, 6) is -0.885. The van der Waals surface area contributed by atoms with Crippen molar-refractivity contribution in [3.63, 3.8) is 0 Å². The first-order valence-electron chi connectivity index (χ1n) is 5.05. The average molecular weight is 227 g/mol. The Kier molecular flexibility index (Phi) is 2.78. The van der Waals surface area contributed by atoms with Crippen LogP contribution < -0.4 is 5.69 Å². The Morgan fingerprint density at radius 1 is 1.62 bits per heavy atom. The lowest BCUT2D eigenvalue weighted by Gasteiger charge is -2.32. The molecule has 16 heavy (non-hydrogen) atoms. The van der Waals surface area contributed by atoms with Crippen LogP contribution in [0.25, 0.3) is 0 Å². The Hall–Kier alpha value is -1.63. The Morgan fingerprint density at radius 2 is 2.31 bits per heavy atom. The molecule has 2 N–H and O–H groups in total. The fourth-order valence-electron chi connectivity index (χ4n) is 1.91. The normalized spacial score (nSPS) is 19.5. The highest BCUT2D eigenvalue weighted by Crippen LogP contribution is 2.32. The zero-order chi connectivity index (χ0) is 11.6. The van der Waals surface area contributed by atoms with Crippen molar-refractivity contribution in [2.24, 2.45) is 5.41 Å². The molecule has 1 aromatic rings. The highest BCUT2D eigenvalue weighted by Gasteiger charge is 2.40. The number of ether oxygens (including phenoxy) is 1. The topological polar surface area (TPSA) is 97.2 Å². The zero-order valence-electron chi connectivity index (χ0n) is 8.68. The molecule has 0 aromatic carbocycles. The average Bonchev–Trinajstić information content (AvgIpc) is 2.65. The van der Waals surface area contributed by atoms with Crippen molar-refractivity contribution >= 4 is 5.97 Å². The van der Waals surface area contributed by atoms with E-state index in [9.17, 15) is 14.7 Å². The maximum absolute atomic E-state index is 11.3. The predicted octanol–water partition coefficient (Wildman–Crippen LogP) is -0.547. The van der Waals surface area contributed by atoms with Gasteiger partial charge in [-0.2, -0.15) is 5.10 Å². The molecule has 0 aliphatic carbocycles. The second-order valence-corrected chi connectivity index (χ2v) is 3.99. The predicted molar refractivity (Wildman–Crippen MR) is 53.0 cm³/mol. The molecular formula is C9H13N3O4. The van der Waals surface area contributed by atoms with E-state index in [4.69, 9.17) is 4.74 Å². The van der Waals surface area contributed by atoms with Crippen LogP contribution >= 0.6 is 0 Å². The van der Waals surface area contributed by atoms with Gasteiger partial charge in [0.05, 0.1) is 5.41 Å². The Morgan fingerprint density at radius 3 is 2.81 bits per heavy atom. The van der Waals surface area contributed by atoms with Crippen molar-refractivity contribution in [1.82, 2.24) is 14.8 Å². The van der Waals surface area contributed by atoms with Crippen molar-refractivity contribution < 1.29 is 14.6 Å². The first-order valence-corrected chi connectivity index (χ1v) is 5.05. The lowest BCUT2D eigenvalue weighted by molar-refractivity contribution is -0.156. The summed E-state index contributed by atoms with van der Waals surface area (Å²) >= 11 is 0. The van der Waals surface area contributed by atoms with Gasteiger partial charge in [-0.25, -0.2) is 9.89 Å². The molecular weight excluding hydrogens is 214 g/mol. The van der Waals surface area contributed by atoms with Crippen LogP contribution in [0.3, 0.4) is 0 Å². The van der Waals surface area contributed by atoms with Crippen LogP contribution in [0.4, 0.5) is 0 Å². The molecule has 0 spiro atoms. The number of rotatable bonds is 3. The van der Waals surface area contributed by atoms with Gasteiger partial charge in [0, 0.05) is 19.8 Å². The molecule has 1 saturated heterocycles. The lowest BCUT2D eigenvalue weighted by Crippen LogP contribution is -2.42. The molecule has 1 fully saturated rings. The van der Waals surface area contributed by atoms with Gasteiger partial charge in [0.15, 0.2) is 0 Å². The number of aromatic amines is 1. The second-order valence-electron chi connectivity index (χ2n) is 3.99. The van der Waals surface area contributed by atoms with Gasteiger partial charge in [0.2, 0.25) is 0 Å². The zero-order valence-corrected chi connectivity index (χ0v) is 8.68. The second kappa shape index (κ2) is 4.09. The molecule has 1 aliphatic heterocycles. The third-order valence-corrected chi connectivity index (χ3v) is 2.99. The Bertz CT molecular complexity index is 430. The number of H-pyrrole nitrogens is 1. The van der Waals surface area contributed by atoms with Crippen LogP contribution in [-0.4, -0.2) is 39.1 Å². The quantitative estimate of drug-likeness (QED) is 0.722. The fraction of sp³-hybridized carbons (Fsp3) is 0.667. The van der Waals surface area contributed by atoms with Crippen molar-refractivity contribution in [1.29, 1.82) is 0 Å². The fourth-order valence-corrected chi connectivity index (χ4v) is 1.91. The van der Waals surface area contributed by atoms with E-state index in [-0.39, 0.29) is 12.2 Å². The molecule has 0 atom stereocenters. The molecule has 0 unspecified atom stereocenters. The molecule has 0 saturated carbocycles. The maximum atomic E-state index is 11.3. The van der Waals surface area contributed by atoms with Gasteiger partial charge in [-0.1, -0.05) is 0 Å². The van der Waals surface area contributed by atoms with Crippen LogP contribution in [0.1, 0.15) is 12.8 Å². The van der Waals surface area contributed by atoms with Crippen LogP contribution in [0.2, 0.25) is 0 Å². The van der Waals surface area contributed by atoms with Crippen LogP contribution in [0.15, 0.2) is 11.1 Å². The summed E-state index contributed by atoms with van der Waals surface area (Å²) in [4.78, 5) is 22.6. The Labute approximate surface area is 91.0 Å². The van der Waals surface area contributed by atoms with E-state index < -0.39 is 11.4 Å². The minimum Gasteiger partial charge on any atom is -0.481 e. The standard InChI is InChI=1S/C9H13N3O4/c13-7(14)9(1-3-16-4-2-9)5-12-6-10-11-8(12)15/h6H,1-5H2,(H,11,15)(H,13,14). The number of carboxylic acids is 1. The van der Waals surface area contributed by atoms with Gasteiger partial charge in [-0.05, 0) is 12.8 Å². The Balaban J connectivity index is 2.24. The van der Waals surface area contributed by atoms with Gasteiger partial charge >= 0.3 is 11.7 Å². The van der Waals surface area contributed by atoms with Gasteiger partial charge in [-0.3, -0.25) is 9.36 Å². The minimum atomic E-state index is -0.911. The molecule has 1 aliphatic rings. The van der Waals surface area contributed by atoms with E-state index >= 15 is 0 Å². The summed E-state index contributed by atoms with van der Waals surface area (Å²) < 4.78 is 6.44. The van der Waals surface area contributed by atoms with Gasteiger partial charge in [0.25, 0.3) is 0 Å². The summed E-state index contributed by atoms with van der Waals surface area (Å²) in [7, 11) is 0. The van der Waals surface area contributed by atoms with Crippen molar-refractivity contribution in [3.05, 3.63) is 16.8 Å². The summed E-state index contributed by atoms with van der Waals surface area (Å²) in [5.41, 5.74) is -1.29. The lowest BCUT2D eigenvalue weighted by atomic mass is 9.80. The highest BCUT2D eigenvalue weighted by molar-refractivity contribution is 5.74.